The number of imide groups is 1. The lowest BCUT2D eigenvalue weighted by Gasteiger charge is -2.08. The number of hydrogen-bond acceptors (Lipinski definition) is 6. The number of hydrogen-bond donors (Lipinski definition) is 3. The average Bonchev–Trinajstić information content (AvgIpc) is 2.74. The van der Waals surface area contributed by atoms with Crippen LogP contribution in [0.4, 0.5) is 4.79 Å². The highest BCUT2D eigenvalue weighted by Crippen LogP contribution is 2.13. The van der Waals surface area contributed by atoms with E-state index in [1.165, 1.54) is 0 Å². The molecule has 0 fully saturated rings. The van der Waals surface area contributed by atoms with Crippen LogP contribution in [0.3, 0.4) is 0 Å². The minimum atomic E-state index is -0.761. The van der Waals surface area contributed by atoms with Gasteiger partial charge in [0.25, 0.3) is 11.5 Å². The molecule has 3 rings (SSSR count). The second-order valence-electron chi connectivity index (χ2n) is 6.10. The number of carbonyl (C=O) groups is 3. The van der Waals surface area contributed by atoms with Gasteiger partial charge in [0.15, 0.2) is 6.61 Å². The SMILES string of the molecule is O=C(COC(=O)Cc1n[nH]c(=O)c2ccccc12)NC(=O)NCc1ccccc1. The quantitative estimate of drug-likeness (QED) is 0.536. The van der Waals surface area contributed by atoms with Crippen LogP contribution in [-0.4, -0.2) is 34.7 Å². The molecule has 0 spiro atoms. The lowest BCUT2D eigenvalue weighted by atomic mass is 10.1. The number of carbonyl (C=O) groups excluding carboxylic acids is 3. The molecule has 1 aromatic heterocycles. The third-order valence-electron chi connectivity index (χ3n) is 4.00. The molecular weight excluding hydrogens is 376 g/mol. The number of amides is 3. The fourth-order valence-corrected chi connectivity index (χ4v) is 2.63. The van der Waals surface area contributed by atoms with Crippen LogP contribution in [0.5, 0.6) is 0 Å². The van der Waals surface area contributed by atoms with Crippen LogP contribution in [0, 0.1) is 0 Å². The Balaban J connectivity index is 1.47. The molecule has 0 atom stereocenters. The fraction of sp³-hybridized carbons (Fsp3) is 0.150. The van der Waals surface area contributed by atoms with Crippen LogP contribution in [-0.2, 0) is 27.3 Å². The molecule has 0 aliphatic carbocycles. The van der Waals surface area contributed by atoms with Crippen molar-refractivity contribution in [3.05, 3.63) is 76.2 Å². The van der Waals surface area contributed by atoms with Crippen LogP contribution < -0.4 is 16.2 Å². The molecular formula is C20H18N4O5. The summed E-state index contributed by atoms with van der Waals surface area (Å²) in [6, 6.07) is 15.2. The van der Waals surface area contributed by atoms with E-state index in [2.05, 4.69) is 20.8 Å². The molecule has 9 nitrogen and oxygen atoms in total. The van der Waals surface area contributed by atoms with E-state index < -0.39 is 24.5 Å². The predicted molar refractivity (Wildman–Crippen MR) is 104 cm³/mol. The normalized spacial score (nSPS) is 10.3. The van der Waals surface area contributed by atoms with E-state index in [0.717, 1.165) is 5.56 Å². The van der Waals surface area contributed by atoms with Crippen LogP contribution in [0.25, 0.3) is 10.8 Å². The number of nitrogens with one attached hydrogen (secondary N) is 3. The van der Waals surface area contributed by atoms with E-state index in [0.29, 0.717) is 16.5 Å². The highest BCUT2D eigenvalue weighted by molar-refractivity contribution is 5.95. The molecule has 0 saturated heterocycles. The van der Waals surface area contributed by atoms with Gasteiger partial charge in [0.1, 0.15) is 0 Å². The topological polar surface area (TPSA) is 130 Å². The molecule has 3 amide bonds. The Kier molecular flexibility index (Phi) is 6.31. The Morgan fingerprint density at radius 2 is 1.66 bits per heavy atom. The van der Waals surface area contributed by atoms with Crippen molar-refractivity contribution in [2.24, 2.45) is 0 Å². The highest BCUT2D eigenvalue weighted by Gasteiger charge is 2.14. The van der Waals surface area contributed by atoms with Crippen molar-refractivity contribution in [2.45, 2.75) is 13.0 Å². The summed E-state index contributed by atoms with van der Waals surface area (Å²) >= 11 is 0. The first-order chi connectivity index (χ1) is 14.0. The minimum Gasteiger partial charge on any atom is -0.455 e. The summed E-state index contributed by atoms with van der Waals surface area (Å²) in [5.41, 5.74) is 0.840. The molecule has 1 heterocycles. The number of aromatic amines is 1. The summed E-state index contributed by atoms with van der Waals surface area (Å²) in [5.74, 6) is -1.47. The predicted octanol–water partition coefficient (Wildman–Crippen LogP) is 1.03. The van der Waals surface area contributed by atoms with E-state index in [4.69, 9.17) is 4.74 Å². The third kappa shape index (κ3) is 5.48. The Hall–Kier alpha value is -4.01. The summed E-state index contributed by atoms with van der Waals surface area (Å²) in [5, 5.41) is 11.7. The van der Waals surface area contributed by atoms with Gasteiger partial charge in [-0.15, -0.1) is 0 Å². The van der Waals surface area contributed by atoms with Gasteiger partial charge in [-0.1, -0.05) is 48.5 Å². The number of rotatable bonds is 6. The molecule has 3 aromatic rings. The van der Waals surface area contributed by atoms with Crippen LogP contribution in [0.2, 0.25) is 0 Å². The summed E-state index contributed by atoms with van der Waals surface area (Å²) in [6.45, 7) is -0.358. The highest BCUT2D eigenvalue weighted by atomic mass is 16.5. The Labute approximate surface area is 165 Å². The number of esters is 1. The van der Waals surface area contributed by atoms with Crippen LogP contribution in [0.1, 0.15) is 11.3 Å². The van der Waals surface area contributed by atoms with Crippen molar-refractivity contribution >= 4 is 28.7 Å². The average molecular weight is 394 g/mol. The molecule has 0 saturated carbocycles. The van der Waals surface area contributed by atoms with Crippen molar-refractivity contribution in [1.29, 1.82) is 0 Å². The van der Waals surface area contributed by atoms with Gasteiger partial charge in [0.05, 0.1) is 17.5 Å². The maximum Gasteiger partial charge on any atom is 0.321 e. The van der Waals surface area contributed by atoms with Gasteiger partial charge in [-0.25, -0.2) is 9.89 Å². The maximum atomic E-state index is 12.0. The van der Waals surface area contributed by atoms with Gasteiger partial charge < -0.3 is 10.1 Å². The van der Waals surface area contributed by atoms with Crippen molar-refractivity contribution < 1.29 is 19.1 Å². The molecule has 0 bridgehead atoms. The largest absolute Gasteiger partial charge is 0.455 e. The molecule has 0 aliphatic rings. The number of nitrogens with zero attached hydrogens (tertiary/aromatic N) is 1. The standard InChI is InChI=1S/C20H18N4O5/c25-17(22-20(28)21-11-13-6-2-1-3-7-13)12-29-18(26)10-16-14-8-4-5-9-15(14)19(27)24-23-16/h1-9H,10-12H2,(H,24,27)(H2,21,22,25,28). The Morgan fingerprint density at radius 3 is 2.41 bits per heavy atom. The first kappa shape index (κ1) is 19.7. The van der Waals surface area contributed by atoms with Gasteiger partial charge in [-0.05, 0) is 11.6 Å². The zero-order chi connectivity index (χ0) is 20.6. The third-order valence-corrected chi connectivity index (χ3v) is 4.00. The van der Waals surface area contributed by atoms with E-state index >= 15 is 0 Å². The fourth-order valence-electron chi connectivity index (χ4n) is 2.63. The number of fused-ring (bicyclic) bond motifs is 1. The van der Waals surface area contributed by atoms with Crippen molar-refractivity contribution in [3.63, 3.8) is 0 Å². The number of H-pyrrole nitrogens is 1. The second kappa shape index (κ2) is 9.27. The van der Waals surface area contributed by atoms with Crippen molar-refractivity contribution in [3.8, 4) is 0 Å². The molecule has 9 heteroatoms. The maximum absolute atomic E-state index is 12.0. The molecule has 148 valence electrons. The van der Waals surface area contributed by atoms with Crippen molar-refractivity contribution in [1.82, 2.24) is 20.8 Å². The molecule has 3 N–H and O–H groups in total. The number of aromatic nitrogens is 2. The molecule has 0 aliphatic heterocycles. The first-order valence-electron chi connectivity index (χ1n) is 8.76. The monoisotopic (exact) mass is 394 g/mol. The zero-order valence-electron chi connectivity index (χ0n) is 15.3. The lowest BCUT2D eigenvalue weighted by Crippen LogP contribution is -2.41. The van der Waals surface area contributed by atoms with Crippen LogP contribution >= 0.6 is 0 Å². The smallest absolute Gasteiger partial charge is 0.321 e. The number of urea groups is 1. The van der Waals surface area contributed by atoms with E-state index in [-0.39, 0.29) is 18.5 Å². The summed E-state index contributed by atoms with van der Waals surface area (Å²) in [7, 11) is 0. The zero-order valence-corrected chi connectivity index (χ0v) is 15.3. The summed E-state index contributed by atoms with van der Waals surface area (Å²) in [6.07, 6.45) is -0.231. The Morgan fingerprint density at radius 1 is 0.966 bits per heavy atom. The summed E-state index contributed by atoms with van der Waals surface area (Å²) < 4.78 is 4.89. The molecule has 0 unspecified atom stereocenters. The number of benzene rings is 2. The van der Waals surface area contributed by atoms with Gasteiger partial charge in [-0.2, -0.15) is 5.10 Å². The van der Waals surface area contributed by atoms with Gasteiger partial charge in [-0.3, -0.25) is 19.7 Å². The van der Waals surface area contributed by atoms with Crippen molar-refractivity contribution in [2.75, 3.05) is 6.61 Å². The summed E-state index contributed by atoms with van der Waals surface area (Å²) in [4.78, 5) is 47.2. The van der Waals surface area contributed by atoms with Gasteiger partial charge >= 0.3 is 12.0 Å². The molecule has 0 radical (unpaired) electrons. The number of ether oxygens (including phenoxy) is 1. The molecule has 29 heavy (non-hydrogen) atoms. The first-order valence-corrected chi connectivity index (χ1v) is 8.76. The van der Waals surface area contributed by atoms with Gasteiger partial charge in [0, 0.05) is 11.9 Å². The van der Waals surface area contributed by atoms with Gasteiger partial charge in [0.2, 0.25) is 0 Å². The van der Waals surface area contributed by atoms with E-state index in [1.54, 1.807) is 24.3 Å². The minimum absolute atomic E-state index is 0.231. The van der Waals surface area contributed by atoms with E-state index in [1.807, 2.05) is 30.3 Å². The molecule has 2 aromatic carbocycles. The second-order valence-corrected chi connectivity index (χ2v) is 6.10. The lowest BCUT2D eigenvalue weighted by molar-refractivity contribution is -0.147. The van der Waals surface area contributed by atoms with Crippen LogP contribution in [0.15, 0.2) is 59.4 Å². The Bertz CT molecular complexity index is 1090. The van der Waals surface area contributed by atoms with E-state index in [9.17, 15) is 19.2 Å².